The van der Waals surface area contributed by atoms with Crippen molar-refractivity contribution in [3.05, 3.63) is 108 Å². The van der Waals surface area contributed by atoms with Crippen molar-refractivity contribution in [2.45, 2.75) is 32.4 Å². The Morgan fingerprint density at radius 3 is 2.59 bits per heavy atom. The number of amides is 1. The predicted molar refractivity (Wildman–Crippen MR) is 155 cm³/mol. The molecule has 0 aliphatic carbocycles. The van der Waals surface area contributed by atoms with E-state index in [-0.39, 0.29) is 18.0 Å². The summed E-state index contributed by atoms with van der Waals surface area (Å²) in [6.45, 7) is 3.78. The van der Waals surface area contributed by atoms with E-state index in [9.17, 15) is 9.59 Å². The number of hydrogen-bond donors (Lipinski definition) is 2. The summed E-state index contributed by atoms with van der Waals surface area (Å²) in [5, 5.41) is 6.98. The molecule has 0 bridgehead atoms. The van der Waals surface area contributed by atoms with Crippen molar-refractivity contribution in [1.29, 1.82) is 0 Å². The van der Waals surface area contributed by atoms with Gasteiger partial charge in [-0.25, -0.2) is 4.79 Å². The van der Waals surface area contributed by atoms with Crippen LogP contribution in [0.3, 0.4) is 0 Å². The standard InChI is InChI=1S/C30H29N5O3S/c1-4-26(36)32-22-15-14-20(18-19(22)2)35-28(27(33-30(35)39)23-11-7-8-16-31-23)25-13-9-17-34(25)24-12-6-5-10-21(24)29(37)38-3/h5-18,27-28H,4H2,1-3H3,(H,32,36)(H,33,39). The van der Waals surface area contributed by atoms with Gasteiger partial charge in [0, 0.05) is 35.9 Å². The van der Waals surface area contributed by atoms with Gasteiger partial charge in [-0.3, -0.25) is 9.78 Å². The lowest BCUT2D eigenvalue weighted by Crippen LogP contribution is -2.30. The highest BCUT2D eigenvalue weighted by atomic mass is 32.1. The first-order chi connectivity index (χ1) is 18.9. The number of ether oxygens (including phenoxy) is 1. The van der Waals surface area contributed by atoms with Gasteiger partial charge < -0.3 is 24.8 Å². The van der Waals surface area contributed by atoms with Gasteiger partial charge in [-0.05, 0) is 79.3 Å². The molecule has 4 aromatic rings. The number of hydrogen-bond acceptors (Lipinski definition) is 5. The highest BCUT2D eigenvalue weighted by Gasteiger charge is 2.42. The third-order valence-corrected chi connectivity index (χ3v) is 7.15. The van der Waals surface area contributed by atoms with Gasteiger partial charge in [0.1, 0.15) is 6.04 Å². The lowest BCUT2D eigenvalue weighted by atomic mass is 10.00. The van der Waals surface area contributed by atoms with Crippen molar-refractivity contribution >= 4 is 40.6 Å². The molecule has 1 saturated heterocycles. The molecule has 2 aromatic carbocycles. The molecule has 3 heterocycles. The smallest absolute Gasteiger partial charge is 0.339 e. The van der Waals surface area contributed by atoms with Crippen LogP contribution < -0.4 is 15.5 Å². The van der Waals surface area contributed by atoms with Gasteiger partial charge in [-0.15, -0.1) is 0 Å². The first-order valence-corrected chi connectivity index (χ1v) is 13.1. The number of thiocarbonyl (C=S) groups is 1. The number of rotatable bonds is 7. The maximum atomic E-state index is 12.6. The van der Waals surface area contributed by atoms with Gasteiger partial charge in [-0.2, -0.15) is 0 Å². The van der Waals surface area contributed by atoms with Gasteiger partial charge in [0.05, 0.1) is 30.1 Å². The van der Waals surface area contributed by atoms with Gasteiger partial charge in [0.25, 0.3) is 0 Å². The SMILES string of the molecule is CCC(=O)Nc1ccc(N2C(=S)NC(c3ccccn3)C2c2cccn2-c2ccccc2C(=O)OC)cc1C. The van der Waals surface area contributed by atoms with E-state index in [2.05, 4.69) is 20.5 Å². The second kappa shape index (κ2) is 11.1. The zero-order valence-electron chi connectivity index (χ0n) is 21.9. The average Bonchev–Trinajstić information content (AvgIpc) is 3.58. The van der Waals surface area contributed by atoms with E-state index in [1.165, 1.54) is 7.11 Å². The Bertz CT molecular complexity index is 1530. The molecule has 1 aliphatic rings. The molecule has 1 amide bonds. The summed E-state index contributed by atoms with van der Waals surface area (Å²) >= 11 is 5.90. The Morgan fingerprint density at radius 1 is 1.08 bits per heavy atom. The zero-order valence-corrected chi connectivity index (χ0v) is 22.7. The molecule has 2 atom stereocenters. The number of pyridine rings is 1. The van der Waals surface area contributed by atoms with Crippen molar-refractivity contribution < 1.29 is 14.3 Å². The van der Waals surface area contributed by atoms with E-state index >= 15 is 0 Å². The van der Waals surface area contributed by atoms with Crippen molar-refractivity contribution in [2.24, 2.45) is 0 Å². The monoisotopic (exact) mass is 539 g/mol. The van der Waals surface area contributed by atoms with Gasteiger partial charge in [0.15, 0.2) is 5.11 Å². The van der Waals surface area contributed by atoms with Crippen LogP contribution in [-0.4, -0.2) is 33.6 Å². The number of aromatic nitrogens is 2. The van der Waals surface area contributed by atoms with Gasteiger partial charge in [-0.1, -0.05) is 25.1 Å². The minimum Gasteiger partial charge on any atom is -0.465 e. The van der Waals surface area contributed by atoms with Crippen LogP contribution in [0, 0.1) is 6.92 Å². The fraction of sp³-hybridized carbons (Fsp3) is 0.200. The highest BCUT2D eigenvalue weighted by molar-refractivity contribution is 7.80. The Balaban J connectivity index is 1.64. The molecule has 198 valence electrons. The second-order valence-electron chi connectivity index (χ2n) is 9.21. The van der Waals surface area contributed by atoms with Crippen LogP contribution in [0.5, 0.6) is 0 Å². The van der Waals surface area contributed by atoms with E-state index in [1.807, 2.05) is 91.3 Å². The summed E-state index contributed by atoms with van der Waals surface area (Å²) in [7, 11) is 1.38. The molecule has 1 fully saturated rings. The molecule has 2 unspecified atom stereocenters. The molecule has 1 aliphatic heterocycles. The Kier molecular flexibility index (Phi) is 7.42. The number of benzene rings is 2. The third kappa shape index (κ3) is 5.00. The quantitative estimate of drug-likeness (QED) is 0.237. The maximum absolute atomic E-state index is 12.6. The minimum atomic E-state index is -0.413. The summed E-state index contributed by atoms with van der Waals surface area (Å²) in [4.78, 5) is 31.4. The van der Waals surface area contributed by atoms with Crippen LogP contribution in [0.25, 0.3) is 5.69 Å². The van der Waals surface area contributed by atoms with Crippen molar-refractivity contribution in [3.8, 4) is 5.69 Å². The minimum absolute atomic E-state index is 0.0422. The summed E-state index contributed by atoms with van der Waals surface area (Å²) in [6, 6.07) is 22.4. The van der Waals surface area contributed by atoms with E-state index in [1.54, 1.807) is 12.3 Å². The van der Waals surface area contributed by atoms with Crippen LogP contribution in [0.4, 0.5) is 11.4 Å². The summed E-state index contributed by atoms with van der Waals surface area (Å²) in [5.74, 6) is -0.455. The largest absolute Gasteiger partial charge is 0.465 e. The van der Waals surface area contributed by atoms with Gasteiger partial charge in [0.2, 0.25) is 5.91 Å². The number of nitrogens with one attached hydrogen (secondary N) is 2. The number of carbonyl (C=O) groups is 2. The first-order valence-electron chi connectivity index (χ1n) is 12.7. The third-order valence-electron chi connectivity index (χ3n) is 6.83. The van der Waals surface area contributed by atoms with Crippen LogP contribution in [0.15, 0.2) is 85.2 Å². The molecular weight excluding hydrogens is 510 g/mol. The molecule has 0 radical (unpaired) electrons. The Hall–Kier alpha value is -4.50. The van der Waals surface area contributed by atoms with Crippen LogP contribution in [-0.2, 0) is 9.53 Å². The van der Waals surface area contributed by atoms with Crippen LogP contribution >= 0.6 is 12.2 Å². The van der Waals surface area contributed by atoms with E-state index in [0.717, 1.165) is 28.3 Å². The van der Waals surface area contributed by atoms with Crippen molar-refractivity contribution in [3.63, 3.8) is 0 Å². The topological polar surface area (TPSA) is 88.5 Å². The Morgan fingerprint density at radius 2 is 1.87 bits per heavy atom. The van der Waals surface area contributed by atoms with Crippen molar-refractivity contribution in [1.82, 2.24) is 14.9 Å². The number of nitrogens with zero attached hydrogens (tertiary/aromatic N) is 3. The molecule has 9 heteroatoms. The molecule has 39 heavy (non-hydrogen) atoms. The van der Waals surface area contributed by atoms with Crippen molar-refractivity contribution in [2.75, 3.05) is 17.3 Å². The zero-order chi connectivity index (χ0) is 27.5. The Labute approximate surface area is 232 Å². The molecule has 2 N–H and O–H groups in total. The van der Waals surface area contributed by atoms with Gasteiger partial charge >= 0.3 is 5.97 Å². The lowest BCUT2D eigenvalue weighted by Gasteiger charge is -2.29. The normalized spacial score (nSPS) is 16.6. The van der Waals surface area contributed by atoms with E-state index in [0.29, 0.717) is 22.8 Å². The average molecular weight is 540 g/mol. The van der Waals surface area contributed by atoms with Crippen LogP contribution in [0.1, 0.15) is 52.7 Å². The maximum Gasteiger partial charge on any atom is 0.339 e. The highest BCUT2D eigenvalue weighted by Crippen LogP contribution is 2.43. The molecule has 2 aromatic heterocycles. The predicted octanol–water partition coefficient (Wildman–Crippen LogP) is 5.49. The van der Waals surface area contributed by atoms with E-state index < -0.39 is 5.97 Å². The number of anilines is 2. The number of aryl methyl sites for hydroxylation is 1. The van der Waals surface area contributed by atoms with E-state index in [4.69, 9.17) is 17.0 Å². The second-order valence-corrected chi connectivity index (χ2v) is 9.60. The summed E-state index contributed by atoms with van der Waals surface area (Å²) < 4.78 is 7.06. The lowest BCUT2D eigenvalue weighted by molar-refractivity contribution is -0.115. The number of esters is 1. The molecule has 8 nitrogen and oxygen atoms in total. The van der Waals surface area contributed by atoms with Crippen LogP contribution in [0.2, 0.25) is 0 Å². The number of methoxy groups -OCH3 is 1. The molecule has 0 spiro atoms. The summed E-state index contributed by atoms with van der Waals surface area (Å²) in [6.07, 6.45) is 4.10. The fourth-order valence-electron chi connectivity index (χ4n) is 4.93. The first kappa shape index (κ1) is 26.1. The molecular formula is C30H29N5O3S. The summed E-state index contributed by atoms with van der Waals surface area (Å²) in [5.41, 5.74) is 5.46. The fourth-order valence-corrected chi connectivity index (χ4v) is 5.28. The molecule has 0 saturated carbocycles. The number of carbonyl (C=O) groups excluding carboxylic acids is 2. The number of para-hydroxylation sites is 1. The molecule has 5 rings (SSSR count).